The van der Waals surface area contributed by atoms with Crippen molar-refractivity contribution in [3.63, 3.8) is 0 Å². The number of methoxy groups -OCH3 is 1. The quantitative estimate of drug-likeness (QED) is 0.768. The van der Waals surface area contributed by atoms with Crippen LogP contribution in [0, 0.1) is 5.82 Å². The minimum absolute atomic E-state index is 0.0212. The molecule has 1 aromatic rings. The van der Waals surface area contributed by atoms with Crippen molar-refractivity contribution in [2.45, 2.75) is 6.42 Å². The molecule has 2 N–H and O–H groups in total. The van der Waals surface area contributed by atoms with E-state index in [1.807, 2.05) is 0 Å². The lowest BCUT2D eigenvalue weighted by molar-refractivity contribution is -0.136. The van der Waals surface area contributed by atoms with Crippen LogP contribution in [0.5, 0.6) is 11.5 Å². The lowest BCUT2D eigenvalue weighted by Gasteiger charge is -2.06. The van der Waals surface area contributed by atoms with Crippen LogP contribution in [0.15, 0.2) is 12.1 Å². The van der Waals surface area contributed by atoms with Gasteiger partial charge < -0.3 is 14.9 Å². The molecule has 0 heterocycles. The van der Waals surface area contributed by atoms with Crippen LogP contribution in [0.3, 0.4) is 0 Å². The number of halogens is 1. The number of carboxylic acids is 1. The SMILES string of the molecule is COc1cc(CC(=O)O)c(F)cc1O. The summed E-state index contributed by atoms with van der Waals surface area (Å²) in [4.78, 5) is 10.3. The van der Waals surface area contributed by atoms with Gasteiger partial charge in [0.25, 0.3) is 0 Å². The Labute approximate surface area is 79.6 Å². The van der Waals surface area contributed by atoms with E-state index in [4.69, 9.17) is 14.9 Å². The van der Waals surface area contributed by atoms with Gasteiger partial charge in [-0.1, -0.05) is 0 Å². The van der Waals surface area contributed by atoms with Gasteiger partial charge in [-0.2, -0.15) is 0 Å². The molecule has 0 saturated carbocycles. The van der Waals surface area contributed by atoms with E-state index in [1.54, 1.807) is 0 Å². The van der Waals surface area contributed by atoms with E-state index in [0.29, 0.717) is 0 Å². The lowest BCUT2D eigenvalue weighted by atomic mass is 10.1. The monoisotopic (exact) mass is 200 g/mol. The Balaban J connectivity index is 3.10. The van der Waals surface area contributed by atoms with Crippen molar-refractivity contribution in [2.75, 3.05) is 7.11 Å². The van der Waals surface area contributed by atoms with Crippen LogP contribution in [0.1, 0.15) is 5.56 Å². The van der Waals surface area contributed by atoms with Crippen molar-refractivity contribution in [3.05, 3.63) is 23.5 Å². The summed E-state index contributed by atoms with van der Waals surface area (Å²) in [5.74, 6) is -2.19. The Morgan fingerprint density at radius 1 is 1.57 bits per heavy atom. The van der Waals surface area contributed by atoms with E-state index in [-0.39, 0.29) is 17.1 Å². The number of hydrogen-bond donors (Lipinski definition) is 2. The van der Waals surface area contributed by atoms with Crippen molar-refractivity contribution >= 4 is 5.97 Å². The van der Waals surface area contributed by atoms with E-state index < -0.39 is 18.2 Å². The predicted octanol–water partition coefficient (Wildman–Crippen LogP) is 1.17. The maximum Gasteiger partial charge on any atom is 0.307 e. The van der Waals surface area contributed by atoms with Crippen molar-refractivity contribution in [1.82, 2.24) is 0 Å². The number of aliphatic carboxylic acids is 1. The number of hydrogen-bond acceptors (Lipinski definition) is 3. The summed E-state index contributed by atoms with van der Waals surface area (Å²) >= 11 is 0. The van der Waals surface area contributed by atoms with E-state index in [2.05, 4.69) is 0 Å². The van der Waals surface area contributed by atoms with E-state index in [9.17, 15) is 9.18 Å². The van der Waals surface area contributed by atoms with E-state index in [0.717, 1.165) is 6.07 Å². The molecule has 0 fully saturated rings. The highest BCUT2D eigenvalue weighted by molar-refractivity contribution is 5.70. The molecule has 0 amide bonds. The van der Waals surface area contributed by atoms with Crippen LogP contribution in [0.2, 0.25) is 0 Å². The molecule has 0 aliphatic rings. The molecule has 0 atom stereocenters. The number of ether oxygens (including phenoxy) is 1. The first kappa shape index (κ1) is 10.3. The Morgan fingerprint density at radius 2 is 2.21 bits per heavy atom. The largest absolute Gasteiger partial charge is 0.504 e. The van der Waals surface area contributed by atoms with Gasteiger partial charge in [0.15, 0.2) is 11.5 Å². The molecule has 4 nitrogen and oxygen atoms in total. The van der Waals surface area contributed by atoms with Crippen LogP contribution in [0.25, 0.3) is 0 Å². The molecular weight excluding hydrogens is 191 g/mol. The first-order valence-corrected chi connectivity index (χ1v) is 3.81. The third kappa shape index (κ3) is 2.12. The van der Waals surface area contributed by atoms with E-state index >= 15 is 0 Å². The number of aromatic hydroxyl groups is 1. The summed E-state index contributed by atoms with van der Waals surface area (Å²) in [5.41, 5.74) is -0.0212. The van der Waals surface area contributed by atoms with Crippen molar-refractivity contribution < 1.29 is 24.1 Å². The molecule has 1 aromatic carbocycles. The fourth-order valence-corrected chi connectivity index (χ4v) is 1.05. The van der Waals surface area contributed by atoms with Gasteiger partial charge in [-0.25, -0.2) is 4.39 Å². The van der Waals surface area contributed by atoms with Gasteiger partial charge in [-0.3, -0.25) is 4.79 Å². The fraction of sp³-hybridized carbons (Fsp3) is 0.222. The molecule has 0 aliphatic heterocycles. The summed E-state index contributed by atoms with van der Waals surface area (Å²) in [6.07, 6.45) is -0.442. The second kappa shape index (κ2) is 3.95. The lowest BCUT2D eigenvalue weighted by Crippen LogP contribution is -2.03. The maximum absolute atomic E-state index is 13.0. The molecule has 14 heavy (non-hydrogen) atoms. The zero-order chi connectivity index (χ0) is 10.7. The predicted molar refractivity (Wildman–Crippen MR) is 46.0 cm³/mol. The fourth-order valence-electron chi connectivity index (χ4n) is 1.05. The Morgan fingerprint density at radius 3 is 2.71 bits per heavy atom. The molecule has 0 spiro atoms. The molecule has 0 bridgehead atoms. The first-order chi connectivity index (χ1) is 6.54. The zero-order valence-corrected chi connectivity index (χ0v) is 7.45. The third-order valence-corrected chi connectivity index (χ3v) is 1.69. The smallest absolute Gasteiger partial charge is 0.307 e. The van der Waals surface area contributed by atoms with Crippen molar-refractivity contribution in [2.24, 2.45) is 0 Å². The summed E-state index contributed by atoms with van der Waals surface area (Å²) in [6, 6.07) is 2.00. The number of carbonyl (C=O) groups is 1. The van der Waals surface area contributed by atoms with Crippen LogP contribution < -0.4 is 4.74 Å². The summed E-state index contributed by atoms with van der Waals surface area (Å²) in [5, 5.41) is 17.6. The Bertz CT molecular complexity index is 362. The number of phenolic OH excluding ortho intramolecular Hbond substituents is 1. The van der Waals surface area contributed by atoms with Crippen LogP contribution >= 0.6 is 0 Å². The Hall–Kier alpha value is -1.78. The summed E-state index contributed by atoms with van der Waals surface area (Å²) in [6.45, 7) is 0. The van der Waals surface area contributed by atoms with Gasteiger partial charge in [0, 0.05) is 11.6 Å². The standard InChI is InChI=1S/C9H9FO4/c1-14-8-2-5(3-9(12)13)6(10)4-7(8)11/h2,4,11H,3H2,1H3,(H,12,13). The molecule has 76 valence electrons. The molecule has 1 rings (SSSR count). The minimum Gasteiger partial charge on any atom is -0.504 e. The second-order valence-corrected chi connectivity index (χ2v) is 2.69. The zero-order valence-electron chi connectivity index (χ0n) is 7.45. The maximum atomic E-state index is 13.0. The van der Waals surface area contributed by atoms with E-state index in [1.165, 1.54) is 13.2 Å². The highest BCUT2D eigenvalue weighted by Gasteiger charge is 2.11. The molecule has 0 aromatic heterocycles. The van der Waals surface area contributed by atoms with Crippen LogP contribution in [-0.4, -0.2) is 23.3 Å². The van der Waals surface area contributed by atoms with Crippen LogP contribution in [0.4, 0.5) is 4.39 Å². The molecule has 0 radical (unpaired) electrons. The van der Waals surface area contributed by atoms with Crippen molar-refractivity contribution in [1.29, 1.82) is 0 Å². The van der Waals surface area contributed by atoms with Gasteiger partial charge in [0.05, 0.1) is 13.5 Å². The molecule has 0 saturated heterocycles. The summed E-state index contributed by atoms with van der Waals surface area (Å²) < 4.78 is 17.8. The number of rotatable bonds is 3. The number of carboxylic acid groups (broad SMARTS) is 1. The molecule has 5 heteroatoms. The molecule has 0 unspecified atom stereocenters. The molecule has 0 aliphatic carbocycles. The highest BCUT2D eigenvalue weighted by Crippen LogP contribution is 2.28. The average Bonchev–Trinajstić information content (AvgIpc) is 2.09. The van der Waals surface area contributed by atoms with Gasteiger partial charge in [0.1, 0.15) is 5.82 Å². The number of phenols is 1. The Kier molecular flexibility index (Phi) is 2.91. The number of benzene rings is 1. The second-order valence-electron chi connectivity index (χ2n) is 2.69. The van der Waals surface area contributed by atoms with Crippen molar-refractivity contribution in [3.8, 4) is 11.5 Å². The van der Waals surface area contributed by atoms with Gasteiger partial charge in [-0.05, 0) is 6.07 Å². The normalized spacial score (nSPS) is 9.86. The third-order valence-electron chi connectivity index (χ3n) is 1.69. The summed E-state index contributed by atoms with van der Waals surface area (Å²) in [7, 11) is 1.30. The highest BCUT2D eigenvalue weighted by atomic mass is 19.1. The topological polar surface area (TPSA) is 66.8 Å². The van der Waals surface area contributed by atoms with Gasteiger partial charge in [0.2, 0.25) is 0 Å². The van der Waals surface area contributed by atoms with Gasteiger partial charge >= 0.3 is 5.97 Å². The van der Waals surface area contributed by atoms with Crippen LogP contribution in [-0.2, 0) is 11.2 Å². The van der Waals surface area contributed by atoms with Gasteiger partial charge in [-0.15, -0.1) is 0 Å². The molecular formula is C9H9FO4. The average molecular weight is 200 g/mol. The minimum atomic E-state index is -1.14. The first-order valence-electron chi connectivity index (χ1n) is 3.81.